The van der Waals surface area contributed by atoms with Crippen LogP contribution in [0.5, 0.6) is 0 Å². The minimum absolute atomic E-state index is 0.0581. The number of benzene rings is 3. The lowest BCUT2D eigenvalue weighted by molar-refractivity contribution is -0.114. The highest BCUT2D eigenvalue weighted by Gasteiger charge is 2.13. The van der Waals surface area contributed by atoms with Crippen LogP contribution in [0, 0.1) is 20.8 Å². The van der Waals surface area contributed by atoms with Crippen molar-refractivity contribution in [2.75, 3.05) is 22.5 Å². The van der Waals surface area contributed by atoms with E-state index in [1.807, 2.05) is 69.3 Å². The van der Waals surface area contributed by atoms with E-state index in [-0.39, 0.29) is 18.4 Å². The molecule has 0 heterocycles. The van der Waals surface area contributed by atoms with Crippen LogP contribution in [0.15, 0.2) is 66.7 Å². The maximum atomic E-state index is 12.7. The minimum atomic E-state index is -0.230. The van der Waals surface area contributed by atoms with Gasteiger partial charge in [-0.05, 0) is 56.2 Å². The summed E-state index contributed by atoms with van der Waals surface area (Å²) < 4.78 is 0. The van der Waals surface area contributed by atoms with E-state index >= 15 is 0 Å². The van der Waals surface area contributed by atoms with E-state index in [0.717, 1.165) is 28.1 Å². The molecule has 0 spiro atoms. The molecule has 3 aromatic carbocycles. The molecule has 2 amide bonds. The Balaban J connectivity index is 1.66. The molecule has 3 aromatic rings. The molecule has 3 rings (SSSR count). The Bertz CT molecular complexity index is 1010. The Morgan fingerprint density at radius 2 is 1.41 bits per heavy atom. The van der Waals surface area contributed by atoms with Gasteiger partial charge >= 0.3 is 0 Å². The average Bonchev–Trinajstić information content (AvgIpc) is 2.71. The summed E-state index contributed by atoms with van der Waals surface area (Å²) in [5.74, 6) is -0.400. The number of carbonyl (C=O) groups is 2. The molecule has 148 valence electrons. The number of anilines is 3. The molecule has 0 aliphatic heterocycles. The second-order valence-electron chi connectivity index (χ2n) is 7.03. The van der Waals surface area contributed by atoms with Gasteiger partial charge in [-0.1, -0.05) is 48.0 Å². The van der Waals surface area contributed by atoms with Crippen molar-refractivity contribution in [3.05, 3.63) is 89.0 Å². The average molecular weight is 387 g/mol. The number of hydrogen-bond acceptors (Lipinski definition) is 3. The lowest BCUT2D eigenvalue weighted by Crippen LogP contribution is -2.24. The molecular weight excluding hydrogens is 362 g/mol. The zero-order valence-electron chi connectivity index (χ0n) is 16.9. The number of rotatable bonds is 6. The zero-order valence-corrected chi connectivity index (χ0v) is 16.9. The third kappa shape index (κ3) is 5.23. The number of hydrogen-bond donors (Lipinski definition) is 3. The molecule has 29 heavy (non-hydrogen) atoms. The van der Waals surface area contributed by atoms with Gasteiger partial charge in [0.25, 0.3) is 5.91 Å². The fraction of sp³-hybridized carbons (Fsp3) is 0.167. The molecule has 0 atom stereocenters. The van der Waals surface area contributed by atoms with E-state index < -0.39 is 0 Å². The normalized spacial score (nSPS) is 10.3. The molecule has 0 radical (unpaired) electrons. The molecule has 0 fully saturated rings. The summed E-state index contributed by atoms with van der Waals surface area (Å²) in [6.45, 7) is 5.97. The number of nitrogens with one attached hydrogen (secondary N) is 3. The Labute approximate surface area is 171 Å². The Hall–Kier alpha value is -3.60. The van der Waals surface area contributed by atoms with Crippen molar-refractivity contribution in [2.24, 2.45) is 0 Å². The van der Waals surface area contributed by atoms with E-state index in [4.69, 9.17) is 0 Å². The standard InChI is InChI=1S/C24H25N3O2/c1-16-11-13-19(14-12-16)26-24(29)20-9-4-5-10-21(20)25-15-22(28)27-23-17(2)7-6-8-18(23)3/h4-14,25H,15H2,1-3H3,(H,26,29)(H,27,28). The van der Waals surface area contributed by atoms with Crippen LogP contribution in [0.25, 0.3) is 0 Å². The van der Waals surface area contributed by atoms with Gasteiger partial charge in [-0.2, -0.15) is 0 Å². The summed E-state index contributed by atoms with van der Waals surface area (Å²) in [6, 6.07) is 20.6. The summed E-state index contributed by atoms with van der Waals surface area (Å²) in [7, 11) is 0. The van der Waals surface area contributed by atoms with Crippen LogP contribution in [0.3, 0.4) is 0 Å². The molecular formula is C24H25N3O2. The molecule has 0 saturated carbocycles. The molecule has 0 bridgehead atoms. The van der Waals surface area contributed by atoms with Crippen molar-refractivity contribution in [1.29, 1.82) is 0 Å². The van der Waals surface area contributed by atoms with Crippen LogP contribution in [0.2, 0.25) is 0 Å². The van der Waals surface area contributed by atoms with Crippen molar-refractivity contribution in [3.63, 3.8) is 0 Å². The first-order valence-corrected chi connectivity index (χ1v) is 9.51. The first kappa shape index (κ1) is 20.1. The molecule has 5 heteroatoms. The Morgan fingerprint density at radius 3 is 2.10 bits per heavy atom. The molecule has 0 aromatic heterocycles. The summed E-state index contributed by atoms with van der Waals surface area (Å²) in [5.41, 5.74) is 5.78. The lowest BCUT2D eigenvalue weighted by atomic mass is 10.1. The van der Waals surface area contributed by atoms with Crippen molar-refractivity contribution in [2.45, 2.75) is 20.8 Å². The highest BCUT2D eigenvalue weighted by Crippen LogP contribution is 2.20. The van der Waals surface area contributed by atoms with Gasteiger partial charge in [0.05, 0.1) is 12.1 Å². The van der Waals surface area contributed by atoms with Gasteiger partial charge in [0.15, 0.2) is 0 Å². The fourth-order valence-corrected chi connectivity index (χ4v) is 3.04. The maximum absolute atomic E-state index is 12.7. The molecule has 3 N–H and O–H groups in total. The summed E-state index contributed by atoms with van der Waals surface area (Å²) in [4.78, 5) is 25.1. The van der Waals surface area contributed by atoms with Crippen molar-refractivity contribution >= 4 is 28.9 Å². The predicted molar refractivity (Wildman–Crippen MR) is 119 cm³/mol. The van der Waals surface area contributed by atoms with Crippen molar-refractivity contribution in [1.82, 2.24) is 0 Å². The quantitative estimate of drug-likeness (QED) is 0.562. The van der Waals surface area contributed by atoms with Crippen LogP contribution in [-0.2, 0) is 4.79 Å². The molecule has 0 saturated heterocycles. The van der Waals surface area contributed by atoms with Gasteiger partial charge in [0.1, 0.15) is 0 Å². The van der Waals surface area contributed by atoms with Crippen molar-refractivity contribution < 1.29 is 9.59 Å². The van der Waals surface area contributed by atoms with E-state index in [1.165, 1.54) is 0 Å². The van der Waals surface area contributed by atoms with Crippen molar-refractivity contribution in [3.8, 4) is 0 Å². The number of amides is 2. The van der Waals surface area contributed by atoms with E-state index in [9.17, 15) is 9.59 Å². The van der Waals surface area contributed by atoms with Gasteiger partial charge in [0.2, 0.25) is 5.91 Å². The maximum Gasteiger partial charge on any atom is 0.257 e. The Kier molecular flexibility index (Phi) is 6.29. The monoisotopic (exact) mass is 387 g/mol. The van der Waals surface area contributed by atoms with Gasteiger partial charge in [-0.25, -0.2) is 0 Å². The molecule has 0 unspecified atom stereocenters. The summed E-state index contributed by atoms with van der Waals surface area (Å²) >= 11 is 0. The second kappa shape index (κ2) is 9.06. The first-order valence-electron chi connectivity index (χ1n) is 9.51. The smallest absolute Gasteiger partial charge is 0.257 e. The third-order valence-corrected chi connectivity index (χ3v) is 4.67. The Morgan fingerprint density at radius 1 is 0.759 bits per heavy atom. The summed E-state index contributed by atoms with van der Waals surface area (Å²) in [6.07, 6.45) is 0. The van der Waals surface area contributed by atoms with Crippen LogP contribution in [0.4, 0.5) is 17.1 Å². The highest BCUT2D eigenvalue weighted by atomic mass is 16.2. The first-order chi connectivity index (χ1) is 13.9. The van der Waals surface area contributed by atoms with Crippen LogP contribution in [0.1, 0.15) is 27.0 Å². The number of aryl methyl sites for hydroxylation is 3. The largest absolute Gasteiger partial charge is 0.376 e. The highest BCUT2D eigenvalue weighted by molar-refractivity contribution is 6.08. The molecule has 0 aliphatic rings. The van der Waals surface area contributed by atoms with E-state index in [2.05, 4.69) is 16.0 Å². The van der Waals surface area contributed by atoms with E-state index in [1.54, 1.807) is 18.2 Å². The summed E-state index contributed by atoms with van der Waals surface area (Å²) in [5, 5.41) is 8.90. The molecule has 5 nitrogen and oxygen atoms in total. The number of carbonyl (C=O) groups excluding carboxylic acids is 2. The van der Waals surface area contributed by atoms with Gasteiger partial charge < -0.3 is 16.0 Å². The fourth-order valence-electron chi connectivity index (χ4n) is 3.04. The van der Waals surface area contributed by atoms with Gasteiger partial charge in [-0.15, -0.1) is 0 Å². The lowest BCUT2D eigenvalue weighted by Gasteiger charge is -2.14. The predicted octanol–water partition coefficient (Wildman–Crippen LogP) is 4.91. The van der Waals surface area contributed by atoms with Crippen LogP contribution < -0.4 is 16.0 Å². The SMILES string of the molecule is Cc1ccc(NC(=O)c2ccccc2NCC(=O)Nc2c(C)cccc2C)cc1. The molecule has 0 aliphatic carbocycles. The van der Waals surface area contributed by atoms with Crippen LogP contribution >= 0.6 is 0 Å². The second-order valence-corrected chi connectivity index (χ2v) is 7.03. The van der Waals surface area contributed by atoms with Gasteiger partial charge in [0, 0.05) is 17.1 Å². The topological polar surface area (TPSA) is 70.2 Å². The van der Waals surface area contributed by atoms with Gasteiger partial charge in [-0.3, -0.25) is 9.59 Å². The third-order valence-electron chi connectivity index (χ3n) is 4.67. The number of para-hydroxylation sites is 2. The van der Waals surface area contributed by atoms with E-state index in [0.29, 0.717) is 11.3 Å². The van der Waals surface area contributed by atoms with Crippen LogP contribution in [-0.4, -0.2) is 18.4 Å². The minimum Gasteiger partial charge on any atom is -0.376 e. The zero-order chi connectivity index (χ0) is 20.8.